The Hall–Kier alpha value is -5.72. The van der Waals surface area contributed by atoms with Crippen molar-refractivity contribution in [3.63, 3.8) is 0 Å². The molecule has 0 aromatic heterocycles. The highest BCUT2D eigenvalue weighted by Gasteiger charge is 2.35. The standard InChI is InChI=1S/C47H34/c1-47(2)45-10-6-5-9-43(45)44-26-25-42(30-46(44)47)35-17-13-33(14-18-35)32-11-15-34(16-12-32)37-21-22-40-29-41(24-23-39(40)28-37)38-20-19-31-7-3-4-8-36(31)27-38/h3-30H,1-2H3. The van der Waals surface area contributed by atoms with Gasteiger partial charge in [0.25, 0.3) is 0 Å². The van der Waals surface area contributed by atoms with Crippen molar-refractivity contribution in [3.8, 4) is 55.6 Å². The summed E-state index contributed by atoms with van der Waals surface area (Å²) in [6.45, 7) is 4.68. The number of benzene rings is 8. The van der Waals surface area contributed by atoms with Gasteiger partial charge in [-0.05, 0) is 113 Å². The lowest BCUT2D eigenvalue weighted by Gasteiger charge is -2.22. The lowest BCUT2D eigenvalue weighted by atomic mass is 9.81. The van der Waals surface area contributed by atoms with Crippen molar-refractivity contribution < 1.29 is 0 Å². The zero-order valence-corrected chi connectivity index (χ0v) is 26.7. The van der Waals surface area contributed by atoms with E-state index in [1.165, 1.54) is 88.3 Å². The van der Waals surface area contributed by atoms with Crippen LogP contribution >= 0.6 is 0 Å². The first kappa shape index (κ1) is 27.6. The molecule has 0 saturated heterocycles. The molecule has 0 heterocycles. The molecule has 0 atom stereocenters. The molecule has 1 aliphatic rings. The van der Waals surface area contributed by atoms with Gasteiger partial charge in [0, 0.05) is 5.41 Å². The largest absolute Gasteiger partial charge is 0.0619 e. The third kappa shape index (κ3) is 4.68. The van der Waals surface area contributed by atoms with Crippen molar-refractivity contribution in [2.45, 2.75) is 19.3 Å². The molecule has 0 nitrogen and oxygen atoms in total. The van der Waals surface area contributed by atoms with Gasteiger partial charge >= 0.3 is 0 Å². The van der Waals surface area contributed by atoms with Gasteiger partial charge in [-0.15, -0.1) is 0 Å². The highest BCUT2D eigenvalue weighted by Crippen LogP contribution is 2.49. The van der Waals surface area contributed by atoms with E-state index in [4.69, 9.17) is 0 Å². The van der Waals surface area contributed by atoms with Crippen LogP contribution in [0.4, 0.5) is 0 Å². The molecule has 0 saturated carbocycles. The number of rotatable bonds is 4. The van der Waals surface area contributed by atoms with Gasteiger partial charge < -0.3 is 0 Å². The maximum atomic E-state index is 2.40. The Labute approximate surface area is 276 Å². The molecule has 0 N–H and O–H groups in total. The Morgan fingerprint density at radius 2 is 0.638 bits per heavy atom. The highest BCUT2D eigenvalue weighted by atomic mass is 14.4. The average Bonchev–Trinajstić information content (AvgIpc) is 3.36. The van der Waals surface area contributed by atoms with Gasteiger partial charge in [-0.3, -0.25) is 0 Å². The van der Waals surface area contributed by atoms with Crippen LogP contribution < -0.4 is 0 Å². The molecule has 0 amide bonds. The molecule has 0 heteroatoms. The van der Waals surface area contributed by atoms with Crippen LogP contribution in [-0.2, 0) is 5.41 Å². The molecular weight excluding hydrogens is 565 g/mol. The fraction of sp³-hybridized carbons (Fsp3) is 0.0638. The quantitative estimate of drug-likeness (QED) is 0.189. The van der Waals surface area contributed by atoms with Crippen LogP contribution in [0.1, 0.15) is 25.0 Å². The SMILES string of the molecule is CC1(C)c2ccccc2-c2ccc(-c3ccc(-c4ccc(-c5ccc6cc(-c7ccc8ccccc8c7)ccc6c5)cc4)cc3)cc21. The van der Waals surface area contributed by atoms with E-state index in [-0.39, 0.29) is 5.41 Å². The van der Waals surface area contributed by atoms with Gasteiger partial charge in [0.15, 0.2) is 0 Å². The Morgan fingerprint density at radius 1 is 0.277 bits per heavy atom. The maximum Gasteiger partial charge on any atom is 0.0159 e. The summed E-state index contributed by atoms with van der Waals surface area (Å²) >= 11 is 0. The van der Waals surface area contributed by atoms with E-state index in [1.54, 1.807) is 0 Å². The molecule has 47 heavy (non-hydrogen) atoms. The van der Waals surface area contributed by atoms with Crippen molar-refractivity contribution in [1.29, 1.82) is 0 Å². The van der Waals surface area contributed by atoms with E-state index >= 15 is 0 Å². The van der Waals surface area contributed by atoms with Crippen LogP contribution in [0.5, 0.6) is 0 Å². The normalized spacial score (nSPS) is 13.1. The third-order valence-corrected chi connectivity index (χ3v) is 10.3. The van der Waals surface area contributed by atoms with Gasteiger partial charge in [-0.2, -0.15) is 0 Å². The first-order valence-corrected chi connectivity index (χ1v) is 16.5. The van der Waals surface area contributed by atoms with E-state index in [0.717, 1.165) is 0 Å². The molecule has 0 bridgehead atoms. The molecule has 9 rings (SSSR count). The Balaban J connectivity index is 0.951. The average molecular weight is 599 g/mol. The summed E-state index contributed by atoms with van der Waals surface area (Å²) in [5, 5.41) is 5.06. The van der Waals surface area contributed by atoms with Gasteiger partial charge in [-0.1, -0.05) is 159 Å². The zero-order chi connectivity index (χ0) is 31.5. The van der Waals surface area contributed by atoms with Gasteiger partial charge in [0.2, 0.25) is 0 Å². The molecule has 8 aromatic rings. The molecule has 0 radical (unpaired) electrons. The monoisotopic (exact) mass is 598 g/mol. The minimum Gasteiger partial charge on any atom is -0.0619 e. The topological polar surface area (TPSA) is 0 Å². The summed E-state index contributed by atoms with van der Waals surface area (Å²) in [4.78, 5) is 0. The molecular formula is C47H34. The Morgan fingerprint density at radius 3 is 1.23 bits per heavy atom. The summed E-state index contributed by atoms with van der Waals surface area (Å²) in [5.74, 6) is 0. The van der Waals surface area contributed by atoms with Crippen molar-refractivity contribution in [2.24, 2.45) is 0 Å². The van der Waals surface area contributed by atoms with E-state index in [0.29, 0.717) is 0 Å². The van der Waals surface area contributed by atoms with Crippen molar-refractivity contribution in [1.82, 2.24) is 0 Å². The van der Waals surface area contributed by atoms with Crippen molar-refractivity contribution in [2.75, 3.05) is 0 Å². The summed E-state index contributed by atoms with van der Waals surface area (Å²) in [6.07, 6.45) is 0. The molecule has 0 unspecified atom stereocenters. The first-order chi connectivity index (χ1) is 23.0. The first-order valence-electron chi connectivity index (χ1n) is 16.5. The van der Waals surface area contributed by atoms with Crippen molar-refractivity contribution >= 4 is 21.5 Å². The molecule has 222 valence electrons. The summed E-state index contributed by atoms with van der Waals surface area (Å²) in [6, 6.07) is 62.7. The highest BCUT2D eigenvalue weighted by molar-refractivity contribution is 5.93. The molecule has 0 aliphatic heterocycles. The summed E-state index contributed by atoms with van der Waals surface area (Å²) < 4.78 is 0. The van der Waals surface area contributed by atoms with Crippen LogP contribution in [0.3, 0.4) is 0 Å². The van der Waals surface area contributed by atoms with Gasteiger partial charge in [0.05, 0.1) is 0 Å². The van der Waals surface area contributed by atoms with Crippen LogP contribution in [0.2, 0.25) is 0 Å². The summed E-state index contributed by atoms with van der Waals surface area (Å²) in [7, 11) is 0. The second-order valence-electron chi connectivity index (χ2n) is 13.4. The lowest BCUT2D eigenvalue weighted by molar-refractivity contribution is 0.660. The molecule has 0 spiro atoms. The minimum atomic E-state index is 0.00942. The van der Waals surface area contributed by atoms with Crippen LogP contribution in [0.15, 0.2) is 170 Å². The molecule has 8 aromatic carbocycles. The van der Waals surface area contributed by atoms with Crippen LogP contribution in [-0.4, -0.2) is 0 Å². The van der Waals surface area contributed by atoms with E-state index in [9.17, 15) is 0 Å². The third-order valence-electron chi connectivity index (χ3n) is 10.3. The molecule has 0 fully saturated rings. The fourth-order valence-corrected chi connectivity index (χ4v) is 7.57. The second-order valence-corrected chi connectivity index (χ2v) is 13.4. The van der Waals surface area contributed by atoms with E-state index in [2.05, 4.69) is 184 Å². The second kappa shape index (κ2) is 10.7. The number of hydrogen-bond donors (Lipinski definition) is 0. The minimum absolute atomic E-state index is 0.00942. The smallest absolute Gasteiger partial charge is 0.0159 e. The van der Waals surface area contributed by atoms with Gasteiger partial charge in [-0.25, -0.2) is 0 Å². The maximum absolute atomic E-state index is 2.40. The fourth-order valence-electron chi connectivity index (χ4n) is 7.57. The Kier molecular flexibility index (Phi) is 6.27. The predicted octanol–water partition coefficient (Wildman–Crippen LogP) is 13.0. The lowest BCUT2D eigenvalue weighted by Crippen LogP contribution is -2.14. The van der Waals surface area contributed by atoms with E-state index < -0.39 is 0 Å². The Bertz CT molecular complexity index is 2460. The number of fused-ring (bicyclic) bond motifs is 5. The van der Waals surface area contributed by atoms with E-state index in [1.807, 2.05) is 0 Å². The predicted molar refractivity (Wildman–Crippen MR) is 201 cm³/mol. The van der Waals surface area contributed by atoms with Crippen LogP contribution in [0, 0.1) is 0 Å². The number of hydrogen-bond acceptors (Lipinski definition) is 0. The van der Waals surface area contributed by atoms with Gasteiger partial charge in [0.1, 0.15) is 0 Å². The summed E-state index contributed by atoms with van der Waals surface area (Å²) in [5.41, 5.74) is 15.5. The zero-order valence-electron chi connectivity index (χ0n) is 26.7. The van der Waals surface area contributed by atoms with Crippen molar-refractivity contribution in [3.05, 3.63) is 181 Å². The molecule has 1 aliphatic carbocycles. The van der Waals surface area contributed by atoms with Crippen LogP contribution in [0.25, 0.3) is 77.2 Å².